The van der Waals surface area contributed by atoms with E-state index in [0.29, 0.717) is 12.6 Å². The SMILES string of the molecule is CN1CCn2c1c(C(=O)O)c(C(F)(F)F)cc2=O. The highest BCUT2D eigenvalue weighted by Crippen LogP contribution is 2.36. The minimum Gasteiger partial charge on any atom is -0.478 e. The van der Waals surface area contributed by atoms with Gasteiger partial charge < -0.3 is 10.0 Å². The average molecular weight is 262 g/mol. The molecule has 0 saturated heterocycles. The molecule has 5 nitrogen and oxygen atoms in total. The Kier molecular flexibility index (Phi) is 2.60. The van der Waals surface area contributed by atoms with E-state index in [1.807, 2.05) is 0 Å². The Morgan fingerprint density at radius 3 is 2.50 bits per heavy atom. The summed E-state index contributed by atoms with van der Waals surface area (Å²) in [6, 6.07) is 0.339. The Bertz CT molecular complexity index is 577. The standard InChI is InChI=1S/C10H9F3N2O3/c1-14-2-3-15-6(16)4-5(10(11,12)13)7(8(14)15)9(17)18/h4H,2-3H2,1H3,(H,17,18). The molecule has 0 fully saturated rings. The average Bonchev–Trinajstić information content (AvgIpc) is 2.59. The Morgan fingerprint density at radius 1 is 1.39 bits per heavy atom. The molecule has 0 saturated carbocycles. The lowest BCUT2D eigenvalue weighted by Gasteiger charge is -2.18. The predicted molar refractivity (Wildman–Crippen MR) is 55.9 cm³/mol. The maximum Gasteiger partial charge on any atom is 0.417 e. The van der Waals surface area contributed by atoms with Gasteiger partial charge in [-0.05, 0) is 0 Å². The molecule has 1 aliphatic heterocycles. The first kappa shape index (κ1) is 12.5. The number of carboxylic acid groups (broad SMARTS) is 1. The predicted octanol–water partition coefficient (Wildman–Crippen LogP) is 1.02. The number of carbonyl (C=O) groups is 1. The van der Waals surface area contributed by atoms with Crippen molar-refractivity contribution in [2.45, 2.75) is 12.7 Å². The summed E-state index contributed by atoms with van der Waals surface area (Å²) in [4.78, 5) is 23.9. The Balaban J connectivity index is 2.86. The van der Waals surface area contributed by atoms with E-state index in [2.05, 4.69) is 0 Å². The molecule has 0 radical (unpaired) electrons. The first-order chi connectivity index (χ1) is 8.23. The van der Waals surface area contributed by atoms with Crippen molar-refractivity contribution in [1.82, 2.24) is 4.57 Å². The number of pyridine rings is 1. The van der Waals surface area contributed by atoms with E-state index in [-0.39, 0.29) is 12.4 Å². The van der Waals surface area contributed by atoms with E-state index in [1.165, 1.54) is 11.9 Å². The molecule has 2 rings (SSSR count). The fraction of sp³-hybridized carbons (Fsp3) is 0.400. The molecule has 98 valence electrons. The molecule has 0 aliphatic carbocycles. The van der Waals surface area contributed by atoms with E-state index in [1.54, 1.807) is 0 Å². The molecule has 1 aliphatic rings. The van der Waals surface area contributed by atoms with Crippen molar-refractivity contribution in [3.8, 4) is 0 Å². The molecule has 8 heteroatoms. The summed E-state index contributed by atoms with van der Waals surface area (Å²) in [6.07, 6.45) is -4.87. The molecular weight excluding hydrogens is 253 g/mol. The van der Waals surface area contributed by atoms with E-state index in [0.717, 1.165) is 4.57 Å². The van der Waals surface area contributed by atoms with Crippen LogP contribution in [-0.2, 0) is 12.7 Å². The van der Waals surface area contributed by atoms with Crippen LogP contribution < -0.4 is 10.5 Å². The van der Waals surface area contributed by atoms with Crippen LogP contribution in [0.2, 0.25) is 0 Å². The summed E-state index contributed by atoms with van der Waals surface area (Å²) >= 11 is 0. The van der Waals surface area contributed by atoms with Crippen LogP contribution in [0.4, 0.5) is 19.0 Å². The molecule has 0 aromatic carbocycles. The van der Waals surface area contributed by atoms with Crippen LogP contribution in [-0.4, -0.2) is 29.2 Å². The molecule has 2 heterocycles. The summed E-state index contributed by atoms with van der Waals surface area (Å²) in [7, 11) is 1.45. The van der Waals surface area contributed by atoms with Gasteiger partial charge in [-0.25, -0.2) is 4.79 Å². The van der Waals surface area contributed by atoms with Crippen molar-refractivity contribution in [1.29, 1.82) is 0 Å². The molecule has 0 spiro atoms. The highest BCUT2D eigenvalue weighted by Gasteiger charge is 2.40. The largest absolute Gasteiger partial charge is 0.478 e. The molecule has 1 N–H and O–H groups in total. The topological polar surface area (TPSA) is 62.5 Å². The van der Waals surface area contributed by atoms with Gasteiger partial charge in [0.2, 0.25) is 0 Å². The van der Waals surface area contributed by atoms with Crippen LogP contribution >= 0.6 is 0 Å². The third-order valence-electron chi connectivity index (χ3n) is 2.82. The lowest BCUT2D eigenvalue weighted by atomic mass is 10.1. The van der Waals surface area contributed by atoms with Crippen molar-refractivity contribution in [3.05, 3.63) is 27.5 Å². The summed E-state index contributed by atoms with van der Waals surface area (Å²) in [5, 5.41) is 8.96. The molecule has 1 aromatic heterocycles. The Labute approximate surface area is 99.1 Å². The van der Waals surface area contributed by atoms with Crippen LogP contribution in [0.5, 0.6) is 0 Å². The summed E-state index contributed by atoms with van der Waals surface area (Å²) in [6.45, 7) is 0.486. The number of aromatic carboxylic acids is 1. The van der Waals surface area contributed by atoms with E-state index in [9.17, 15) is 22.8 Å². The van der Waals surface area contributed by atoms with E-state index in [4.69, 9.17) is 5.11 Å². The number of alkyl halides is 3. The van der Waals surface area contributed by atoms with Gasteiger partial charge >= 0.3 is 12.1 Å². The lowest BCUT2D eigenvalue weighted by Crippen LogP contribution is -2.26. The monoisotopic (exact) mass is 262 g/mol. The fourth-order valence-corrected chi connectivity index (χ4v) is 2.04. The molecule has 0 unspecified atom stereocenters. The van der Waals surface area contributed by atoms with Gasteiger partial charge in [-0.15, -0.1) is 0 Å². The van der Waals surface area contributed by atoms with Crippen molar-refractivity contribution >= 4 is 11.8 Å². The van der Waals surface area contributed by atoms with Crippen LogP contribution in [0.15, 0.2) is 10.9 Å². The minimum atomic E-state index is -4.87. The first-order valence-corrected chi connectivity index (χ1v) is 5.03. The highest BCUT2D eigenvalue weighted by molar-refractivity contribution is 5.95. The number of carboxylic acids is 1. The number of aromatic nitrogens is 1. The summed E-state index contributed by atoms with van der Waals surface area (Å²) in [5.74, 6) is -1.89. The van der Waals surface area contributed by atoms with Gasteiger partial charge in [-0.1, -0.05) is 0 Å². The summed E-state index contributed by atoms with van der Waals surface area (Å²) in [5.41, 5.74) is -3.12. The highest BCUT2D eigenvalue weighted by atomic mass is 19.4. The number of hydrogen-bond acceptors (Lipinski definition) is 3. The number of likely N-dealkylation sites (N-methyl/N-ethyl adjacent to an activating group) is 1. The van der Waals surface area contributed by atoms with Crippen LogP contribution in [0.3, 0.4) is 0 Å². The number of fused-ring (bicyclic) bond motifs is 1. The minimum absolute atomic E-state index is 0.184. The zero-order valence-corrected chi connectivity index (χ0v) is 9.28. The molecule has 1 aromatic rings. The second-order valence-electron chi connectivity index (χ2n) is 3.97. The van der Waals surface area contributed by atoms with E-state index < -0.39 is 28.8 Å². The Morgan fingerprint density at radius 2 is 2.00 bits per heavy atom. The third kappa shape index (κ3) is 1.73. The Hall–Kier alpha value is -1.99. The molecular formula is C10H9F3N2O3. The lowest BCUT2D eigenvalue weighted by molar-refractivity contribution is -0.138. The third-order valence-corrected chi connectivity index (χ3v) is 2.82. The number of halogens is 3. The summed E-state index contributed by atoms with van der Waals surface area (Å²) < 4.78 is 39.3. The molecule has 0 bridgehead atoms. The number of hydrogen-bond donors (Lipinski definition) is 1. The van der Waals surface area contributed by atoms with Crippen molar-refractivity contribution in [2.24, 2.45) is 0 Å². The van der Waals surface area contributed by atoms with Gasteiger partial charge in [0.05, 0.1) is 5.56 Å². The van der Waals surface area contributed by atoms with Crippen molar-refractivity contribution < 1.29 is 23.1 Å². The van der Waals surface area contributed by atoms with Crippen molar-refractivity contribution in [2.75, 3.05) is 18.5 Å². The van der Waals surface area contributed by atoms with Crippen LogP contribution in [0, 0.1) is 0 Å². The van der Waals surface area contributed by atoms with Crippen LogP contribution in [0.1, 0.15) is 15.9 Å². The molecule has 0 amide bonds. The molecule has 18 heavy (non-hydrogen) atoms. The second kappa shape index (κ2) is 3.76. The second-order valence-corrected chi connectivity index (χ2v) is 3.97. The first-order valence-electron chi connectivity index (χ1n) is 5.03. The van der Waals surface area contributed by atoms with Crippen molar-refractivity contribution in [3.63, 3.8) is 0 Å². The fourth-order valence-electron chi connectivity index (χ4n) is 2.04. The smallest absolute Gasteiger partial charge is 0.417 e. The van der Waals surface area contributed by atoms with Gasteiger partial charge in [0.25, 0.3) is 5.56 Å². The molecule has 0 atom stereocenters. The van der Waals surface area contributed by atoms with Gasteiger partial charge in [0, 0.05) is 26.2 Å². The van der Waals surface area contributed by atoms with E-state index >= 15 is 0 Å². The number of rotatable bonds is 1. The maximum atomic E-state index is 12.8. The number of anilines is 1. The van der Waals surface area contributed by atoms with Crippen LogP contribution in [0.25, 0.3) is 0 Å². The van der Waals surface area contributed by atoms with Gasteiger partial charge in [-0.2, -0.15) is 13.2 Å². The zero-order chi connectivity index (χ0) is 13.7. The van der Waals surface area contributed by atoms with Gasteiger partial charge in [-0.3, -0.25) is 9.36 Å². The number of nitrogens with zero attached hydrogens (tertiary/aromatic N) is 2. The normalized spacial score (nSPS) is 14.8. The van der Waals surface area contributed by atoms with Gasteiger partial charge in [0.1, 0.15) is 11.4 Å². The zero-order valence-electron chi connectivity index (χ0n) is 9.28. The quantitative estimate of drug-likeness (QED) is 0.820. The van der Waals surface area contributed by atoms with Gasteiger partial charge in [0.15, 0.2) is 0 Å². The maximum absolute atomic E-state index is 12.8.